The molecule has 4 N–H and O–H groups in total. The van der Waals surface area contributed by atoms with Crippen molar-refractivity contribution in [1.82, 2.24) is 15.0 Å². The van der Waals surface area contributed by atoms with Crippen molar-refractivity contribution in [2.45, 2.75) is 37.9 Å². The van der Waals surface area contributed by atoms with Gasteiger partial charge in [-0.05, 0) is 49.8 Å². The number of hydrogen-bond acceptors (Lipinski definition) is 6. The zero-order chi connectivity index (χ0) is 18.6. The molecule has 1 saturated carbocycles. The number of aromatic nitrogens is 3. The fourth-order valence-corrected chi connectivity index (χ4v) is 2.95. The lowest BCUT2D eigenvalue weighted by molar-refractivity contribution is -0.137. The van der Waals surface area contributed by atoms with Gasteiger partial charge in [0.25, 0.3) is 0 Å². The SMILES string of the molecule is NC1CCC(CNc2nccc(Nc3cc(C(F)(F)F)ccn3)n2)CC1. The van der Waals surface area contributed by atoms with Crippen LogP contribution in [0.1, 0.15) is 31.2 Å². The number of nitrogens with two attached hydrogens (primary N) is 1. The van der Waals surface area contributed by atoms with Crippen LogP contribution in [0.5, 0.6) is 0 Å². The lowest BCUT2D eigenvalue weighted by atomic mass is 9.86. The van der Waals surface area contributed by atoms with E-state index in [2.05, 4.69) is 25.6 Å². The molecule has 1 fully saturated rings. The van der Waals surface area contributed by atoms with Crippen LogP contribution in [0.3, 0.4) is 0 Å². The Hall–Kier alpha value is -2.42. The summed E-state index contributed by atoms with van der Waals surface area (Å²) in [4.78, 5) is 12.3. The van der Waals surface area contributed by atoms with Gasteiger partial charge in [0.05, 0.1) is 5.56 Å². The first-order valence-corrected chi connectivity index (χ1v) is 8.53. The summed E-state index contributed by atoms with van der Waals surface area (Å²) in [6.45, 7) is 0.748. The van der Waals surface area contributed by atoms with Crippen molar-refractivity contribution < 1.29 is 13.2 Å². The number of rotatable bonds is 5. The van der Waals surface area contributed by atoms with Crippen molar-refractivity contribution >= 4 is 17.6 Å². The van der Waals surface area contributed by atoms with Gasteiger partial charge in [0.1, 0.15) is 11.6 Å². The van der Waals surface area contributed by atoms with Crippen LogP contribution in [0.2, 0.25) is 0 Å². The quantitative estimate of drug-likeness (QED) is 0.750. The van der Waals surface area contributed by atoms with Crippen LogP contribution in [0.4, 0.5) is 30.8 Å². The van der Waals surface area contributed by atoms with Crippen LogP contribution >= 0.6 is 0 Å². The van der Waals surface area contributed by atoms with E-state index in [0.717, 1.165) is 50.6 Å². The number of nitrogens with zero attached hydrogens (tertiary/aromatic N) is 3. The molecule has 0 aliphatic heterocycles. The molecule has 140 valence electrons. The minimum Gasteiger partial charge on any atom is -0.354 e. The Morgan fingerprint density at radius 2 is 1.77 bits per heavy atom. The second-order valence-corrected chi connectivity index (χ2v) is 6.48. The smallest absolute Gasteiger partial charge is 0.354 e. The lowest BCUT2D eigenvalue weighted by Gasteiger charge is -2.26. The molecular weight excluding hydrogens is 345 g/mol. The predicted molar refractivity (Wildman–Crippen MR) is 93.0 cm³/mol. The highest BCUT2D eigenvalue weighted by atomic mass is 19.4. The molecule has 0 bridgehead atoms. The fraction of sp³-hybridized carbons (Fsp3) is 0.471. The molecule has 0 amide bonds. The van der Waals surface area contributed by atoms with E-state index in [4.69, 9.17) is 5.73 Å². The number of anilines is 3. The van der Waals surface area contributed by atoms with Crippen molar-refractivity contribution in [3.63, 3.8) is 0 Å². The Kier molecular flexibility index (Phi) is 5.55. The summed E-state index contributed by atoms with van der Waals surface area (Å²) in [7, 11) is 0. The van der Waals surface area contributed by atoms with E-state index in [-0.39, 0.29) is 5.82 Å². The second-order valence-electron chi connectivity index (χ2n) is 6.48. The molecule has 0 saturated heterocycles. The van der Waals surface area contributed by atoms with Crippen LogP contribution in [-0.4, -0.2) is 27.5 Å². The summed E-state index contributed by atoms with van der Waals surface area (Å²) in [5, 5.41) is 5.97. The zero-order valence-corrected chi connectivity index (χ0v) is 14.1. The molecule has 2 heterocycles. The van der Waals surface area contributed by atoms with E-state index in [1.807, 2.05) is 0 Å². The summed E-state index contributed by atoms with van der Waals surface area (Å²) >= 11 is 0. The van der Waals surface area contributed by atoms with Gasteiger partial charge >= 0.3 is 6.18 Å². The first-order chi connectivity index (χ1) is 12.4. The Bertz CT molecular complexity index is 728. The van der Waals surface area contributed by atoms with Gasteiger partial charge < -0.3 is 16.4 Å². The number of pyridine rings is 1. The van der Waals surface area contributed by atoms with Crippen LogP contribution in [0, 0.1) is 5.92 Å². The molecule has 2 aromatic rings. The van der Waals surface area contributed by atoms with Gasteiger partial charge in [-0.3, -0.25) is 0 Å². The molecule has 2 aromatic heterocycles. The Labute approximate surface area is 149 Å². The van der Waals surface area contributed by atoms with Gasteiger partial charge in [-0.2, -0.15) is 18.2 Å². The fourth-order valence-electron chi connectivity index (χ4n) is 2.95. The third-order valence-electron chi connectivity index (χ3n) is 4.44. The second kappa shape index (κ2) is 7.86. The Morgan fingerprint density at radius 3 is 2.50 bits per heavy atom. The minimum absolute atomic E-state index is 0.0748. The largest absolute Gasteiger partial charge is 0.416 e. The Balaban J connectivity index is 1.61. The first kappa shape index (κ1) is 18.4. The average Bonchev–Trinajstić information content (AvgIpc) is 2.61. The number of alkyl halides is 3. The third-order valence-corrected chi connectivity index (χ3v) is 4.44. The number of halogens is 3. The summed E-state index contributed by atoms with van der Waals surface area (Å²) in [5.41, 5.74) is 5.14. The van der Waals surface area contributed by atoms with Gasteiger partial charge in [0, 0.05) is 25.0 Å². The summed E-state index contributed by atoms with van der Waals surface area (Å²) in [6, 6.07) is 3.75. The molecule has 0 aromatic carbocycles. The number of hydrogen-bond donors (Lipinski definition) is 3. The zero-order valence-electron chi connectivity index (χ0n) is 14.1. The van der Waals surface area contributed by atoms with Crippen molar-refractivity contribution in [3.8, 4) is 0 Å². The number of nitrogens with one attached hydrogen (secondary N) is 2. The topological polar surface area (TPSA) is 88.8 Å². The van der Waals surface area contributed by atoms with Gasteiger partial charge in [-0.15, -0.1) is 0 Å². The van der Waals surface area contributed by atoms with Crippen molar-refractivity contribution in [2.24, 2.45) is 11.7 Å². The van der Waals surface area contributed by atoms with Gasteiger partial charge in [-0.25, -0.2) is 9.97 Å². The molecule has 1 aliphatic rings. The molecule has 0 spiro atoms. The highest BCUT2D eigenvalue weighted by Gasteiger charge is 2.30. The molecule has 3 rings (SSSR count). The van der Waals surface area contributed by atoms with Crippen LogP contribution < -0.4 is 16.4 Å². The van der Waals surface area contributed by atoms with Crippen molar-refractivity contribution in [2.75, 3.05) is 17.2 Å². The van der Waals surface area contributed by atoms with Crippen molar-refractivity contribution in [3.05, 3.63) is 36.2 Å². The van der Waals surface area contributed by atoms with Gasteiger partial charge in [-0.1, -0.05) is 0 Å². The van der Waals surface area contributed by atoms with E-state index in [1.165, 1.54) is 0 Å². The molecular formula is C17H21F3N6. The highest BCUT2D eigenvalue weighted by Crippen LogP contribution is 2.30. The minimum atomic E-state index is -4.42. The molecule has 0 atom stereocenters. The maximum absolute atomic E-state index is 12.8. The molecule has 9 heteroatoms. The highest BCUT2D eigenvalue weighted by molar-refractivity contribution is 5.53. The third kappa shape index (κ3) is 5.04. The van der Waals surface area contributed by atoms with E-state index >= 15 is 0 Å². The maximum atomic E-state index is 12.8. The summed E-state index contributed by atoms with van der Waals surface area (Å²) in [6.07, 6.45) is 2.42. The molecule has 0 unspecified atom stereocenters. The Morgan fingerprint density at radius 1 is 1.04 bits per heavy atom. The van der Waals surface area contributed by atoms with Gasteiger partial charge in [0.2, 0.25) is 5.95 Å². The molecule has 0 radical (unpaired) electrons. The van der Waals surface area contributed by atoms with E-state index in [0.29, 0.717) is 23.7 Å². The molecule has 1 aliphatic carbocycles. The average molecular weight is 366 g/mol. The maximum Gasteiger partial charge on any atom is 0.416 e. The van der Waals surface area contributed by atoms with E-state index < -0.39 is 11.7 Å². The van der Waals surface area contributed by atoms with E-state index in [1.54, 1.807) is 12.3 Å². The normalized spacial score (nSPS) is 20.6. The first-order valence-electron chi connectivity index (χ1n) is 8.53. The predicted octanol–water partition coefficient (Wildman–Crippen LogP) is 3.56. The van der Waals surface area contributed by atoms with E-state index in [9.17, 15) is 13.2 Å². The van der Waals surface area contributed by atoms with Gasteiger partial charge in [0.15, 0.2) is 0 Å². The lowest BCUT2D eigenvalue weighted by Crippen LogP contribution is -2.29. The van der Waals surface area contributed by atoms with Crippen molar-refractivity contribution in [1.29, 1.82) is 0 Å². The van der Waals surface area contributed by atoms with Crippen LogP contribution in [0.25, 0.3) is 0 Å². The standard InChI is InChI=1S/C17H21F3N6/c18-17(19,20)12-5-7-22-15(9-12)25-14-6-8-23-16(26-14)24-10-11-1-3-13(21)4-2-11/h5-9,11,13H,1-4,10,21H2,(H2,22,23,24,25,26). The molecule has 26 heavy (non-hydrogen) atoms. The summed E-state index contributed by atoms with van der Waals surface area (Å²) in [5.74, 6) is 1.41. The molecule has 6 nitrogen and oxygen atoms in total. The monoisotopic (exact) mass is 366 g/mol. The van der Waals surface area contributed by atoms with Crippen LogP contribution in [-0.2, 0) is 6.18 Å². The van der Waals surface area contributed by atoms with Crippen LogP contribution in [0.15, 0.2) is 30.6 Å². The summed E-state index contributed by atoms with van der Waals surface area (Å²) < 4.78 is 38.3.